The molecule has 0 saturated heterocycles. The summed E-state index contributed by atoms with van der Waals surface area (Å²) in [6, 6.07) is 8.13. The number of nitrogens with one attached hydrogen (secondary N) is 1. The molecule has 4 heteroatoms. The van der Waals surface area contributed by atoms with Gasteiger partial charge < -0.3 is 14.6 Å². The first-order valence-corrected chi connectivity index (χ1v) is 7.51. The van der Waals surface area contributed by atoms with E-state index in [9.17, 15) is 0 Å². The van der Waals surface area contributed by atoms with Gasteiger partial charge in [0.25, 0.3) is 0 Å². The van der Waals surface area contributed by atoms with Crippen LogP contribution in [0.15, 0.2) is 30.5 Å². The smallest absolute Gasteiger partial charge is 0.203 e. The van der Waals surface area contributed by atoms with E-state index >= 15 is 0 Å². The summed E-state index contributed by atoms with van der Waals surface area (Å²) in [5.74, 6) is 2.44. The largest absolute Gasteiger partial charge is 0.492 e. The normalized spacial score (nSPS) is 10.9. The van der Waals surface area contributed by atoms with Crippen LogP contribution in [0.25, 0.3) is 0 Å². The van der Waals surface area contributed by atoms with Crippen molar-refractivity contribution >= 4 is 5.95 Å². The molecule has 0 radical (unpaired) electrons. The van der Waals surface area contributed by atoms with Crippen molar-refractivity contribution in [2.45, 2.75) is 34.2 Å². The third-order valence-corrected chi connectivity index (χ3v) is 3.16. The third-order valence-electron chi connectivity index (χ3n) is 3.16. The highest BCUT2D eigenvalue weighted by atomic mass is 16.5. The molecule has 0 atom stereocenters. The Kier molecular flexibility index (Phi) is 5.26. The Morgan fingerprint density at radius 1 is 1.29 bits per heavy atom. The number of hydrogen-bond acceptors (Lipinski definition) is 3. The maximum absolute atomic E-state index is 5.80. The number of aromatic nitrogens is 2. The Bertz CT molecular complexity index is 575. The first-order chi connectivity index (χ1) is 10.0. The highest BCUT2D eigenvalue weighted by molar-refractivity contribution is 5.29. The molecule has 2 aromatic rings. The van der Waals surface area contributed by atoms with Crippen LogP contribution in [0, 0.1) is 19.8 Å². The van der Waals surface area contributed by atoms with Crippen LogP contribution >= 0.6 is 0 Å². The molecule has 1 N–H and O–H groups in total. The van der Waals surface area contributed by atoms with Crippen molar-refractivity contribution in [2.24, 2.45) is 5.92 Å². The lowest BCUT2D eigenvalue weighted by molar-refractivity contribution is 0.299. The van der Waals surface area contributed by atoms with E-state index in [0.717, 1.165) is 30.5 Å². The highest BCUT2D eigenvalue weighted by Crippen LogP contribution is 2.13. The van der Waals surface area contributed by atoms with Crippen molar-refractivity contribution in [3.8, 4) is 5.75 Å². The molecular formula is C17H25N3O. The van der Waals surface area contributed by atoms with Gasteiger partial charge in [0, 0.05) is 12.7 Å². The van der Waals surface area contributed by atoms with E-state index in [-0.39, 0.29) is 0 Å². The molecule has 0 fully saturated rings. The summed E-state index contributed by atoms with van der Waals surface area (Å²) in [4.78, 5) is 4.52. The van der Waals surface area contributed by atoms with Crippen LogP contribution in [0.5, 0.6) is 5.75 Å². The predicted octanol–water partition coefficient (Wildman–Crippen LogP) is 3.65. The van der Waals surface area contributed by atoms with Gasteiger partial charge in [-0.2, -0.15) is 0 Å². The number of imidazole rings is 1. The van der Waals surface area contributed by atoms with Crippen LogP contribution in [-0.2, 0) is 6.54 Å². The zero-order valence-electron chi connectivity index (χ0n) is 13.4. The minimum atomic E-state index is 0.596. The van der Waals surface area contributed by atoms with Crippen LogP contribution in [-0.4, -0.2) is 22.7 Å². The van der Waals surface area contributed by atoms with E-state index in [1.165, 1.54) is 5.56 Å². The maximum Gasteiger partial charge on any atom is 0.203 e. The van der Waals surface area contributed by atoms with Crippen molar-refractivity contribution in [1.82, 2.24) is 9.55 Å². The first kappa shape index (κ1) is 15.4. The molecule has 0 amide bonds. The maximum atomic E-state index is 5.80. The van der Waals surface area contributed by atoms with Gasteiger partial charge in [-0.3, -0.25) is 0 Å². The number of hydrogen-bond donors (Lipinski definition) is 1. The fourth-order valence-corrected chi connectivity index (χ4v) is 2.12. The SMILES string of the molecule is Cc1cccc(OCCn2cc(C)nc2NCC(C)C)c1. The van der Waals surface area contributed by atoms with Crippen LogP contribution < -0.4 is 10.1 Å². The van der Waals surface area contributed by atoms with Gasteiger partial charge in [0.05, 0.1) is 12.2 Å². The second-order valence-corrected chi connectivity index (χ2v) is 5.84. The predicted molar refractivity (Wildman–Crippen MR) is 87.0 cm³/mol. The fraction of sp³-hybridized carbons (Fsp3) is 0.471. The lowest BCUT2D eigenvalue weighted by Gasteiger charge is -2.12. The summed E-state index contributed by atoms with van der Waals surface area (Å²) in [5.41, 5.74) is 2.24. The molecule has 0 unspecified atom stereocenters. The third kappa shape index (κ3) is 4.81. The lowest BCUT2D eigenvalue weighted by atomic mass is 10.2. The van der Waals surface area contributed by atoms with Gasteiger partial charge in [-0.1, -0.05) is 26.0 Å². The van der Waals surface area contributed by atoms with E-state index in [1.807, 2.05) is 19.1 Å². The zero-order chi connectivity index (χ0) is 15.2. The Balaban J connectivity index is 1.90. The molecule has 0 bridgehead atoms. The summed E-state index contributed by atoms with van der Waals surface area (Å²) in [6.45, 7) is 10.8. The Morgan fingerprint density at radius 2 is 2.10 bits per heavy atom. The zero-order valence-corrected chi connectivity index (χ0v) is 13.4. The van der Waals surface area contributed by atoms with Crippen molar-refractivity contribution in [3.63, 3.8) is 0 Å². The molecule has 0 spiro atoms. The summed E-state index contributed by atoms with van der Waals surface area (Å²) in [5, 5.41) is 3.39. The van der Waals surface area contributed by atoms with Crippen molar-refractivity contribution in [3.05, 3.63) is 41.7 Å². The Hall–Kier alpha value is -1.97. The van der Waals surface area contributed by atoms with Crippen molar-refractivity contribution in [2.75, 3.05) is 18.5 Å². The molecule has 2 rings (SSSR count). The van der Waals surface area contributed by atoms with Crippen molar-refractivity contribution < 1.29 is 4.74 Å². The number of aryl methyl sites for hydroxylation is 2. The monoisotopic (exact) mass is 287 g/mol. The van der Waals surface area contributed by atoms with Crippen LogP contribution in [0.4, 0.5) is 5.95 Å². The number of rotatable bonds is 7. The molecule has 114 valence electrons. The van der Waals surface area contributed by atoms with Gasteiger partial charge in [-0.05, 0) is 37.5 Å². The van der Waals surface area contributed by atoms with E-state index in [1.54, 1.807) is 0 Å². The number of benzene rings is 1. The number of anilines is 1. The van der Waals surface area contributed by atoms with E-state index in [4.69, 9.17) is 4.74 Å². The Morgan fingerprint density at radius 3 is 2.81 bits per heavy atom. The van der Waals surface area contributed by atoms with Crippen molar-refractivity contribution in [1.29, 1.82) is 0 Å². The average molecular weight is 287 g/mol. The second-order valence-electron chi connectivity index (χ2n) is 5.84. The molecule has 0 aliphatic rings. The van der Waals surface area contributed by atoms with Gasteiger partial charge in [-0.25, -0.2) is 4.98 Å². The van der Waals surface area contributed by atoms with Crippen LogP contribution in [0.2, 0.25) is 0 Å². The molecule has 4 nitrogen and oxygen atoms in total. The van der Waals surface area contributed by atoms with E-state index in [2.05, 4.69) is 54.0 Å². The van der Waals surface area contributed by atoms with Gasteiger partial charge in [0.1, 0.15) is 12.4 Å². The minimum Gasteiger partial charge on any atom is -0.492 e. The molecule has 21 heavy (non-hydrogen) atoms. The van der Waals surface area contributed by atoms with Gasteiger partial charge >= 0.3 is 0 Å². The summed E-state index contributed by atoms with van der Waals surface area (Å²) >= 11 is 0. The molecule has 0 aliphatic carbocycles. The quantitative estimate of drug-likeness (QED) is 0.845. The summed E-state index contributed by atoms with van der Waals surface area (Å²) < 4.78 is 7.92. The summed E-state index contributed by atoms with van der Waals surface area (Å²) in [7, 11) is 0. The van der Waals surface area contributed by atoms with Crippen LogP contribution in [0.3, 0.4) is 0 Å². The Labute approximate surface area is 127 Å². The number of nitrogens with zero attached hydrogens (tertiary/aromatic N) is 2. The van der Waals surface area contributed by atoms with Gasteiger partial charge in [0.2, 0.25) is 5.95 Å². The molecule has 0 saturated carbocycles. The molecule has 1 aromatic heterocycles. The number of ether oxygens (including phenoxy) is 1. The fourth-order valence-electron chi connectivity index (χ4n) is 2.12. The van der Waals surface area contributed by atoms with Gasteiger partial charge in [0.15, 0.2) is 0 Å². The first-order valence-electron chi connectivity index (χ1n) is 7.51. The van der Waals surface area contributed by atoms with Crippen LogP contribution in [0.1, 0.15) is 25.1 Å². The molecular weight excluding hydrogens is 262 g/mol. The molecule has 0 aliphatic heterocycles. The minimum absolute atomic E-state index is 0.596. The lowest BCUT2D eigenvalue weighted by Crippen LogP contribution is -2.15. The van der Waals surface area contributed by atoms with Gasteiger partial charge in [-0.15, -0.1) is 0 Å². The van der Waals surface area contributed by atoms with E-state index < -0.39 is 0 Å². The molecule has 1 aromatic carbocycles. The topological polar surface area (TPSA) is 39.1 Å². The highest BCUT2D eigenvalue weighted by Gasteiger charge is 2.06. The average Bonchev–Trinajstić information content (AvgIpc) is 2.77. The molecule has 1 heterocycles. The standard InChI is InChI=1S/C17H25N3O/c1-13(2)11-18-17-19-15(4)12-20(17)8-9-21-16-7-5-6-14(3)10-16/h5-7,10,12-13H,8-9,11H2,1-4H3,(H,18,19). The second kappa shape index (κ2) is 7.16. The van der Waals surface area contributed by atoms with E-state index in [0.29, 0.717) is 12.5 Å². The summed E-state index contributed by atoms with van der Waals surface area (Å²) in [6.07, 6.45) is 2.06.